The molecule has 32 heavy (non-hydrogen) atoms. The van der Waals surface area contributed by atoms with Gasteiger partial charge in [-0.2, -0.15) is 5.10 Å². The minimum absolute atomic E-state index is 0.00938. The summed E-state index contributed by atoms with van der Waals surface area (Å²) in [7, 11) is 1.50. The lowest BCUT2D eigenvalue weighted by Crippen LogP contribution is -2.40. The minimum Gasteiger partial charge on any atom is -0.496 e. The summed E-state index contributed by atoms with van der Waals surface area (Å²) in [5.41, 5.74) is 3.64. The van der Waals surface area contributed by atoms with Crippen molar-refractivity contribution >= 4 is 16.8 Å². The maximum Gasteiger partial charge on any atom is 0.254 e. The number of benzene rings is 2. The van der Waals surface area contributed by atoms with E-state index in [2.05, 4.69) is 15.2 Å². The van der Waals surface area contributed by atoms with Gasteiger partial charge in [-0.25, -0.2) is 4.39 Å². The number of ether oxygens (including phenoxy) is 2. The number of fused-ring (bicyclic) bond motifs is 1. The molecule has 0 aliphatic carbocycles. The van der Waals surface area contributed by atoms with E-state index in [1.807, 2.05) is 12.1 Å². The molecule has 1 aliphatic heterocycles. The van der Waals surface area contributed by atoms with Crippen LogP contribution in [0.5, 0.6) is 5.75 Å². The number of nitrogens with zero attached hydrogens (tertiary/aromatic N) is 3. The number of carbonyl (C=O) groups is 1. The van der Waals surface area contributed by atoms with Crippen LogP contribution in [-0.4, -0.2) is 59.4 Å². The molecule has 1 saturated heterocycles. The summed E-state index contributed by atoms with van der Waals surface area (Å²) in [5.74, 6) is -0.00929. The SMILES string of the molecule is COc1cccc(F)c1-c1cc2c(-c3ccc(C(=O)N4CCOCC4)cc3)n[nH]c2cn1. The molecular weight excluding hydrogens is 411 g/mol. The maximum atomic E-state index is 14.6. The lowest BCUT2D eigenvalue weighted by atomic mass is 10.0. The zero-order chi connectivity index (χ0) is 22.1. The van der Waals surface area contributed by atoms with E-state index in [9.17, 15) is 9.18 Å². The van der Waals surface area contributed by atoms with Crippen molar-refractivity contribution in [3.63, 3.8) is 0 Å². The van der Waals surface area contributed by atoms with Gasteiger partial charge in [-0.1, -0.05) is 18.2 Å². The van der Waals surface area contributed by atoms with E-state index >= 15 is 0 Å². The van der Waals surface area contributed by atoms with Gasteiger partial charge in [0.25, 0.3) is 5.91 Å². The minimum atomic E-state index is -0.410. The van der Waals surface area contributed by atoms with Gasteiger partial charge in [0.1, 0.15) is 17.3 Å². The van der Waals surface area contributed by atoms with E-state index in [1.165, 1.54) is 13.2 Å². The van der Waals surface area contributed by atoms with Crippen molar-refractivity contribution in [1.82, 2.24) is 20.1 Å². The van der Waals surface area contributed by atoms with Crippen LogP contribution >= 0.6 is 0 Å². The first kappa shape index (κ1) is 20.1. The first-order chi connectivity index (χ1) is 15.7. The highest BCUT2D eigenvalue weighted by atomic mass is 19.1. The molecule has 0 saturated carbocycles. The topological polar surface area (TPSA) is 80.3 Å². The third kappa shape index (κ3) is 3.58. The summed E-state index contributed by atoms with van der Waals surface area (Å²) in [4.78, 5) is 18.9. The fourth-order valence-electron chi connectivity index (χ4n) is 3.92. The molecule has 1 N–H and O–H groups in total. The summed E-state index contributed by atoms with van der Waals surface area (Å²) < 4.78 is 25.2. The van der Waals surface area contributed by atoms with Crippen molar-refractivity contribution in [2.45, 2.75) is 0 Å². The average molecular weight is 432 g/mol. The Labute approximate surface area is 183 Å². The fourth-order valence-corrected chi connectivity index (χ4v) is 3.92. The van der Waals surface area contributed by atoms with Crippen molar-refractivity contribution in [3.05, 3.63) is 66.1 Å². The molecule has 0 radical (unpaired) electrons. The molecule has 3 heterocycles. The zero-order valence-corrected chi connectivity index (χ0v) is 17.5. The van der Waals surface area contributed by atoms with E-state index < -0.39 is 5.82 Å². The smallest absolute Gasteiger partial charge is 0.254 e. The van der Waals surface area contributed by atoms with Crippen LogP contribution in [0.25, 0.3) is 33.4 Å². The highest BCUT2D eigenvalue weighted by Gasteiger charge is 2.19. The number of aromatic amines is 1. The Morgan fingerprint density at radius 2 is 1.94 bits per heavy atom. The number of halogens is 1. The van der Waals surface area contributed by atoms with E-state index in [0.29, 0.717) is 54.6 Å². The summed E-state index contributed by atoms with van der Waals surface area (Å²) >= 11 is 0. The third-order valence-corrected chi connectivity index (χ3v) is 5.60. The van der Waals surface area contributed by atoms with Crippen LogP contribution in [0.2, 0.25) is 0 Å². The quantitative estimate of drug-likeness (QED) is 0.529. The van der Waals surface area contributed by atoms with E-state index in [4.69, 9.17) is 9.47 Å². The molecule has 0 unspecified atom stereocenters. The molecule has 8 heteroatoms. The molecule has 0 atom stereocenters. The van der Waals surface area contributed by atoms with Crippen LogP contribution in [0.4, 0.5) is 4.39 Å². The predicted molar refractivity (Wildman–Crippen MR) is 118 cm³/mol. The summed E-state index contributed by atoms with van der Waals surface area (Å²) in [6.07, 6.45) is 1.63. The Hall–Kier alpha value is -3.78. The number of H-pyrrole nitrogens is 1. The Morgan fingerprint density at radius 1 is 1.16 bits per heavy atom. The Kier molecular flexibility index (Phi) is 5.28. The largest absolute Gasteiger partial charge is 0.496 e. The van der Waals surface area contributed by atoms with Crippen molar-refractivity contribution < 1.29 is 18.7 Å². The first-order valence-electron chi connectivity index (χ1n) is 10.3. The van der Waals surface area contributed by atoms with Gasteiger partial charge in [0.2, 0.25) is 0 Å². The molecule has 1 aliphatic rings. The molecule has 7 nitrogen and oxygen atoms in total. The lowest BCUT2D eigenvalue weighted by Gasteiger charge is -2.26. The lowest BCUT2D eigenvalue weighted by molar-refractivity contribution is 0.0303. The molecule has 0 spiro atoms. The predicted octanol–water partition coefficient (Wildman–Crippen LogP) is 3.91. The van der Waals surface area contributed by atoms with Crippen LogP contribution in [0.3, 0.4) is 0 Å². The summed E-state index contributed by atoms with van der Waals surface area (Å²) in [6, 6.07) is 13.8. The van der Waals surface area contributed by atoms with Crippen LogP contribution < -0.4 is 4.74 Å². The third-order valence-electron chi connectivity index (χ3n) is 5.60. The molecule has 1 fully saturated rings. The van der Waals surface area contributed by atoms with Gasteiger partial charge in [0.15, 0.2) is 0 Å². The highest BCUT2D eigenvalue weighted by Crippen LogP contribution is 2.34. The number of aromatic nitrogens is 3. The first-order valence-corrected chi connectivity index (χ1v) is 10.3. The number of rotatable bonds is 4. The second-order valence-corrected chi connectivity index (χ2v) is 7.49. The van der Waals surface area contributed by atoms with E-state index in [0.717, 1.165) is 16.5 Å². The van der Waals surface area contributed by atoms with Crippen molar-refractivity contribution in [2.75, 3.05) is 33.4 Å². The van der Waals surface area contributed by atoms with Gasteiger partial charge in [-0.3, -0.25) is 14.9 Å². The van der Waals surface area contributed by atoms with Gasteiger partial charge < -0.3 is 14.4 Å². The number of methoxy groups -OCH3 is 1. The monoisotopic (exact) mass is 432 g/mol. The number of morpholine rings is 1. The van der Waals surface area contributed by atoms with E-state index in [-0.39, 0.29) is 5.91 Å². The second-order valence-electron chi connectivity index (χ2n) is 7.49. The second kappa shape index (κ2) is 8.39. The summed E-state index contributed by atoms with van der Waals surface area (Å²) in [6.45, 7) is 2.32. The molecule has 5 rings (SSSR count). The van der Waals surface area contributed by atoms with Gasteiger partial charge in [-0.15, -0.1) is 0 Å². The van der Waals surface area contributed by atoms with Gasteiger partial charge in [0, 0.05) is 29.6 Å². The highest BCUT2D eigenvalue weighted by molar-refractivity contribution is 5.97. The number of hydrogen-bond acceptors (Lipinski definition) is 5. The molecular formula is C24H21FN4O3. The van der Waals surface area contributed by atoms with Gasteiger partial charge in [-0.05, 0) is 30.3 Å². The van der Waals surface area contributed by atoms with Crippen molar-refractivity contribution in [2.24, 2.45) is 0 Å². The normalized spacial score (nSPS) is 14.0. The number of amides is 1. The van der Waals surface area contributed by atoms with Crippen LogP contribution in [0.15, 0.2) is 54.7 Å². The molecule has 2 aromatic heterocycles. The number of pyridine rings is 1. The Balaban J connectivity index is 1.50. The number of nitrogens with one attached hydrogen (secondary N) is 1. The molecule has 4 aromatic rings. The standard InChI is InChI=1S/C24H21FN4O3/c1-31-21-4-2-3-18(25)22(21)19-13-17-20(14-26-19)27-28-23(17)15-5-7-16(8-6-15)24(30)29-9-11-32-12-10-29/h2-8,13-14H,9-12H2,1H3,(H,27,28). The van der Waals surface area contributed by atoms with Gasteiger partial charge >= 0.3 is 0 Å². The fraction of sp³-hybridized carbons (Fsp3) is 0.208. The number of carbonyl (C=O) groups excluding carboxylic acids is 1. The molecule has 2 aromatic carbocycles. The van der Waals surface area contributed by atoms with Crippen molar-refractivity contribution in [3.8, 4) is 28.3 Å². The molecule has 0 bridgehead atoms. The van der Waals surface area contributed by atoms with Crippen LogP contribution in [0, 0.1) is 5.82 Å². The Bertz CT molecular complexity index is 1280. The number of hydrogen-bond donors (Lipinski definition) is 1. The summed E-state index contributed by atoms with van der Waals surface area (Å²) in [5, 5.41) is 8.20. The van der Waals surface area contributed by atoms with E-state index in [1.54, 1.807) is 41.4 Å². The van der Waals surface area contributed by atoms with Crippen LogP contribution in [0.1, 0.15) is 10.4 Å². The zero-order valence-electron chi connectivity index (χ0n) is 17.5. The molecule has 1 amide bonds. The van der Waals surface area contributed by atoms with Crippen molar-refractivity contribution in [1.29, 1.82) is 0 Å². The maximum absolute atomic E-state index is 14.6. The Morgan fingerprint density at radius 3 is 2.69 bits per heavy atom. The van der Waals surface area contributed by atoms with Gasteiger partial charge in [0.05, 0.1) is 43.3 Å². The molecule has 162 valence electrons. The van der Waals surface area contributed by atoms with Crippen LogP contribution in [-0.2, 0) is 4.74 Å². The average Bonchev–Trinajstić information content (AvgIpc) is 3.27.